The van der Waals surface area contributed by atoms with E-state index < -0.39 is 23.8 Å². The number of aliphatic hydroxyl groups excluding tert-OH is 1. The fourth-order valence-electron chi connectivity index (χ4n) is 3.00. The first-order valence-corrected chi connectivity index (χ1v) is 10.0. The van der Waals surface area contributed by atoms with Gasteiger partial charge in [0.05, 0.1) is 12.6 Å². The minimum Gasteiger partial charge on any atom is -0.445 e. The van der Waals surface area contributed by atoms with Crippen LogP contribution in [0.1, 0.15) is 32.8 Å². The predicted molar refractivity (Wildman–Crippen MR) is 110 cm³/mol. The molecular weight excluding hydrogens is 390 g/mol. The fourth-order valence-corrected chi connectivity index (χ4v) is 3.00. The fraction of sp³-hybridized carbons (Fsp3) is 0.571. The van der Waals surface area contributed by atoms with Crippen LogP contribution >= 0.6 is 0 Å². The van der Waals surface area contributed by atoms with E-state index in [1.807, 2.05) is 30.3 Å². The summed E-state index contributed by atoms with van der Waals surface area (Å²) >= 11 is 0. The Balaban J connectivity index is 1.73. The average Bonchev–Trinajstić information content (AvgIpc) is 2.71. The van der Waals surface area contributed by atoms with Crippen molar-refractivity contribution in [3.8, 4) is 0 Å². The number of nitrogens with one attached hydrogen (secondary N) is 1. The molecule has 1 heterocycles. The van der Waals surface area contributed by atoms with Gasteiger partial charge in [0.15, 0.2) is 0 Å². The lowest BCUT2D eigenvalue weighted by atomic mass is 10.1. The van der Waals surface area contributed by atoms with Crippen LogP contribution in [0.4, 0.5) is 9.59 Å². The molecule has 1 aliphatic rings. The van der Waals surface area contributed by atoms with E-state index in [0.717, 1.165) is 5.56 Å². The second-order valence-electron chi connectivity index (χ2n) is 8.09. The second kappa shape index (κ2) is 10.8. The predicted octanol–water partition coefficient (Wildman–Crippen LogP) is 1.74. The van der Waals surface area contributed by atoms with Crippen LogP contribution in [0.15, 0.2) is 30.3 Å². The van der Waals surface area contributed by atoms with Gasteiger partial charge in [0.1, 0.15) is 12.2 Å². The minimum absolute atomic E-state index is 0.102. The van der Waals surface area contributed by atoms with Gasteiger partial charge in [-0.1, -0.05) is 30.3 Å². The Bertz CT molecular complexity index is 719. The zero-order chi connectivity index (χ0) is 22.1. The molecule has 1 fully saturated rings. The average molecular weight is 421 g/mol. The van der Waals surface area contributed by atoms with Crippen LogP contribution in [0.3, 0.4) is 0 Å². The standard InChI is InChI=1S/C21H31N3O6/c1-21(2,3)30-20(28)24-12-11-23(13-17(24)14-25)18(26)9-10-22-19(27)29-15-16-7-5-4-6-8-16/h4-8,17,25H,9-15H2,1-3H3,(H,22,27). The molecule has 1 aromatic rings. The van der Waals surface area contributed by atoms with Crippen LogP contribution in [0.5, 0.6) is 0 Å². The third-order valence-electron chi connectivity index (χ3n) is 4.50. The van der Waals surface area contributed by atoms with E-state index in [0.29, 0.717) is 6.54 Å². The van der Waals surface area contributed by atoms with Crippen molar-refractivity contribution >= 4 is 18.1 Å². The van der Waals surface area contributed by atoms with Gasteiger partial charge in [0.25, 0.3) is 0 Å². The van der Waals surface area contributed by atoms with Crippen molar-refractivity contribution in [2.75, 3.05) is 32.8 Å². The molecule has 9 heteroatoms. The van der Waals surface area contributed by atoms with Crippen LogP contribution in [0.2, 0.25) is 0 Å². The van der Waals surface area contributed by atoms with E-state index in [9.17, 15) is 19.5 Å². The Morgan fingerprint density at radius 2 is 1.87 bits per heavy atom. The zero-order valence-electron chi connectivity index (χ0n) is 17.8. The number of carbonyl (C=O) groups is 3. The summed E-state index contributed by atoms with van der Waals surface area (Å²) in [5, 5.41) is 12.2. The number of benzene rings is 1. The van der Waals surface area contributed by atoms with E-state index in [4.69, 9.17) is 9.47 Å². The van der Waals surface area contributed by atoms with Gasteiger partial charge in [0.2, 0.25) is 5.91 Å². The lowest BCUT2D eigenvalue weighted by molar-refractivity contribution is -0.134. The van der Waals surface area contributed by atoms with Crippen molar-refractivity contribution in [3.63, 3.8) is 0 Å². The van der Waals surface area contributed by atoms with Crippen LogP contribution in [0.25, 0.3) is 0 Å². The van der Waals surface area contributed by atoms with Crippen molar-refractivity contribution in [1.29, 1.82) is 0 Å². The lowest BCUT2D eigenvalue weighted by Crippen LogP contribution is -2.58. The Labute approximate surface area is 176 Å². The maximum absolute atomic E-state index is 12.4. The molecule has 0 saturated carbocycles. The quantitative estimate of drug-likeness (QED) is 0.724. The van der Waals surface area contributed by atoms with Crippen LogP contribution in [-0.2, 0) is 20.9 Å². The van der Waals surface area contributed by atoms with E-state index >= 15 is 0 Å². The Kier molecular flexibility index (Phi) is 8.46. The van der Waals surface area contributed by atoms with E-state index in [1.165, 1.54) is 4.90 Å². The zero-order valence-corrected chi connectivity index (χ0v) is 17.8. The molecule has 0 bridgehead atoms. The van der Waals surface area contributed by atoms with Gasteiger partial charge < -0.3 is 24.8 Å². The molecule has 0 aliphatic carbocycles. The van der Waals surface area contributed by atoms with Gasteiger partial charge >= 0.3 is 12.2 Å². The number of rotatable bonds is 6. The van der Waals surface area contributed by atoms with Crippen LogP contribution in [-0.4, -0.2) is 77.4 Å². The topological polar surface area (TPSA) is 108 Å². The first-order valence-electron chi connectivity index (χ1n) is 10.0. The third-order valence-corrected chi connectivity index (χ3v) is 4.50. The Hall–Kier alpha value is -2.81. The number of piperazine rings is 1. The molecule has 30 heavy (non-hydrogen) atoms. The number of ether oxygens (including phenoxy) is 2. The lowest BCUT2D eigenvalue weighted by Gasteiger charge is -2.41. The summed E-state index contributed by atoms with van der Waals surface area (Å²) in [5.74, 6) is -0.166. The number of amides is 3. The van der Waals surface area contributed by atoms with Crippen molar-refractivity contribution < 1.29 is 29.0 Å². The van der Waals surface area contributed by atoms with E-state index in [-0.39, 0.29) is 45.2 Å². The molecule has 0 spiro atoms. The first kappa shape index (κ1) is 23.5. The smallest absolute Gasteiger partial charge is 0.410 e. The summed E-state index contributed by atoms with van der Waals surface area (Å²) in [5.41, 5.74) is 0.242. The molecule has 1 unspecified atom stereocenters. The summed E-state index contributed by atoms with van der Waals surface area (Å²) in [6.07, 6.45) is -0.989. The van der Waals surface area contributed by atoms with Crippen LogP contribution < -0.4 is 5.32 Å². The molecular formula is C21H31N3O6. The highest BCUT2D eigenvalue weighted by Crippen LogP contribution is 2.16. The third kappa shape index (κ3) is 7.55. The van der Waals surface area contributed by atoms with E-state index in [1.54, 1.807) is 25.7 Å². The summed E-state index contributed by atoms with van der Waals surface area (Å²) in [4.78, 5) is 39.5. The highest BCUT2D eigenvalue weighted by atomic mass is 16.6. The number of alkyl carbamates (subject to hydrolysis) is 1. The molecule has 1 aromatic carbocycles. The molecule has 166 valence electrons. The van der Waals surface area contributed by atoms with Crippen molar-refractivity contribution in [1.82, 2.24) is 15.1 Å². The number of hydrogen-bond donors (Lipinski definition) is 2. The van der Waals surface area contributed by atoms with Gasteiger partial charge in [-0.2, -0.15) is 0 Å². The van der Waals surface area contributed by atoms with Gasteiger partial charge in [-0.05, 0) is 26.3 Å². The summed E-state index contributed by atoms with van der Waals surface area (Å²) in [6, 6.07) is 8.77. The van der Waals surface area contributed by atoms with Gasteiger partial charge in [0, 0.05) is 32.6 Å². The maximum Gasteiger partial charge on any atom is 0.410 e. The SMILES string of the molecule is CC(C)(C)OC(=O)N1CCN(C(=O)CCNC(=O)OCc2ccccc2)CC1CO. The summed E-state index contributed by atoms with van der Waals surface area (Å²) < 4.78 is 10.5. The molecule has 2 N–H and O–H groups in total. The van der Waals surface area contributed by atoms with Gasteiger partial charge in [-0.25, -0.2) is 9.59 Å². The maximum atomic E-state index is 12.4. The molecule has 1 atom stereocenters. The number of carbonyl (C=O) groups excluding carboxylic acids is 3. The Morgan fingerprint density at radius 1 is 1.17 bits per heavy atom. The molecule has 0 aromatic heterocycles. The highest BCUT2D eigenvalue weighted by molar-refractivity contribution is 5.78. The van der Waals surface area contributed by atoms with Gasteiger partial charge in [-0.3, -0.25) is 9.69 Å². The molecule has 0 radical (unpaired) electrons. The van der Waals surface area contributed by atoms with Gasteiger partial charge in [-0.15, -0.1) is 0 Å². The van der Waals surface area contributed by atoms with Crippen molar-refractivity contribution in [2.45, 2.75) is 45.4 Å². The summed E-state index contributed by atoms with van der Waals surface area (Å²) in [7, 11) is 0. The molecule has 1 aliphatic heterocycles. The van der Waals surface area contributed by atoms with Crippen molar-refractivity contribution in [3.05, 3.63) is 35.9 Å². The normalized spacial score (nSPS) is 16.7. The second-order valence-corrected chi connectivity index (χ2v) is 8.09. The highest BCUT2D eigenvalue weighted by Gasteiger charge is 2.34. The summed E-state index contributed by atoms with van der Waals surface area (Å²) in [6.45, 7) is 6.18. The molecule has 3 amide bonds. The minimum atomic E-state index is -0.634. The number of nitrogens with zero attached hydrogens (tertiary/aromatic N) is 2. The molecule has 2 rings (SSSR count). The Morgan fingerprint density at radius 3 is 2.50 bits per heavy atom. The monoisotopic (exact) mass is 421 g/mol. The number of aliphatic hydroxyl groups is 1. The molecule has 1 saturated heterocycles. The van der Waals surface area contributed by atoms with Crippen LogP contribution in [0, 0.1) is 0 Å². The molecule has 9 nitrogen and oxygen atoms in total. The van der Waals surface area contributed by atoms with Crippen molar-refractivity contribution in [2.24, 2.45) is 0 Å². The van der Waals surface area contributed by atoms with E-state index in [2.05, 4.69) is 5.32 Å². The largest absolute Gasteiger partial charge is 0.445 e. The first-order chi connectivity index (χ1) is 14.2. The number of hydrogen-bond acceptors (Lipinski definition) is 6.